The van der Waals surface area contributed by atoms with Crippen LogP contribution in [0.3, 0.4) is 0 Å². The quantitative estimate of drug-likeness (QED) is 0.939. The SMILES string of the molecule is O=C(c1cn(C2CCNCC2)nn1)N1CCCC1c1ccccc1. The summed E-state index contributed by atoms with van der Waals surface area (Å²) in [4.78, 5) is 14.9. The Balaban J connectivity index is 1.51. The van der Waals surface area contributed by atoms with Crippen molar-refractivity contribution >= 4 is 5.91 Å². The molecule has 0 radical (unpaired) electrons. The van der Waals surface area contributed by atoms with Gasteiger partial charge in [0, 0.05) is 6.54 Å². The molecule has 2 aliphatic rings. The smallest absolute Gasteiger partial charge is 0.276 e. The number of piperidine rings is 1. The first-order valence-corrected chi connectivity index (χ1v) is 8.81. The molecule has 126 valence electrons. The maximum Gasteiger partial charge on any atom is 0.276 e. The monoisotopic (exact) mass is 325 g/mol. The molecule has 1 aromatic heterocycles. The summed E-state index contributed by atoms with van der Waals surface area (Å²) in [5.41, 5.74) is 1.67. The van der Waals surface area contributed by atoms with Gasteiger partial charge in [0.05, 0.1) is 18.3 Å². The number of carbonyl (C=O) groups is 1. The molecule has 3 heterocycles. The molecule has 1 aromatic carbocycles. The average molecular weight is 325 g/mol. The first kappa shape index (κ1) is 15.3. The fourth-order valence-corrected chi connectivity index (χ4v) is 3.80. The number of benzene rings is 1. The van der Waals surface area contributed by atoms with Crippen molar-refractivity contribution in [2.75, 3.05) is 19.6 Å². The zero-order chi connectivity index (χ0) is 16.4. The van der Waals surface area contributed by atoms with Crippen molar-refractivity contribution in [3.8, 4) is 0 Å². The van der Waals surface area contributed by atoms with Crippen molar-refractivity contribution in [1.29, 1.82) is 0 Å². The van der Waals surface area contributed by atoms with Crippen LogP contribution < -0.4 is 5.32 Å². The van der Waals surface area contributed by atoms with E-state index in [1.807, 2.05) is 34.0 Å². The van der Waals surface area contributed by atoms with Crippen molar-refractivity contribution in [3.63, 3.8) is 0 Å². The molecule has 0 bridgehead atoms. The lowest BCUT2D eigenvalue weighted by atomic mass is 10.0. The van der Waals surface area contributed by atoms with Gasteiger partial charge in [-0.1, -0.05) is 35.5 Å². The van der Waals surface area contributed by atoms with E-state index in [9.17, 15) is 4.79 Å². The molecule has 6 heteroatoms. The molecule has 2 saturated heterocycles. The Morgan fingerprint density at radius 3 is 2.71 bits per heavy atom. The molecule has 1 unspecified atom stereocenters. The lowest BCUT2D eigenvalue weighted by Crippen LogP contribution is -2.31. The fourth-order valence-electron chi connectivity index (χ4n) is 3.80. The van der Waals surface area contributed by atoms with Crippen molar-refractivity contribution < 1.29 is 4.79 Å². The van der Waals surface area contributed by atoms with E-state index in [2.05, 4.69) is 27.8 Å². The maximum absolute atomic E-state index is 12.9. The average Bonchev–Trinajstić information content (AvgIpc) is 3.32. The number of hydrogen-bond donors (Lipinski definition) is 1. The van der Waals surface area contributed by atoms with Crippen LogP contribution in [0.4, 0.5) is 0 Å². The molecule has 6 nitrogen and oxygen atoms in total. The maximum atomic E-state index is 12.9. The van der Waals surface area contributed by atoms with Crippen LogP contribution in [-0.2, 0) is 0 Å². The van der Waals surface area contributed by atoms with Crippen LogP contribution in [0.2, 0.25) is 0 Å². The van der Waals surface area contributed by atoms with E-state index in [1.54, 1.807) is 0 Å². The van der Waals surface area contributed by atoms with E-state index < -0.39 is 0 Å². The number of rotatable bonds is 3. The number of amides is 1. The summed E-state index contributed by atoms with van der Waals surface area (Å²) >= 11 is 0. The summed E-state index contributed by atoms with van der Waals surface area (Å²) < 4.78 is 1.88. The molecule has 1 N–H and O–H groups in total. The Morgan fingerprint density at radius 2 is 1.92 bits per heavy atom. The van der Waals surface area contributed by atoms with Gasteiger partial charge in [-0.05, 0) is 44.3 Å². The van der Waals surface area contributed by atoms with Gasteiger partial charge in [0.15, 0.2) is 5.69 Å². The largest absolute Gasteiger partial charge is 0.330 e. The summed E-state index contributed by atoms with van der Waals surface area (Å²) in [7, 11) is 0. The number of nitrogens with one attached hydrogen (secondary N) is 1. The van der Waals surface area contributed by atoms with Gasteiger partial charge in [0.2, 0.25) is 0 Å². The van der Waals surface area contributed by atoms with Gasteiger partial charge in [-0.25, -0.2) is 4.68 Å². The van der Waals surface area contributed by atoms with Crippen molar-refractivity contribution in [2.24, 2.45) is 0 Å². The van der Waals surface area contributed by atoms with Crippen LogP contribution in [-0.4, -0.2) is 45.4 Å². The molecule has 0 spiro atoms. The standard InChI is InChI=1S/C18H23N5O/c24-18(16-13-23(21-20-16)15-8-10-19-11-9-15)22-12-4-7-17(22)14-5-2-1-3-6-14/h1-3,5-6,13,15,17,19H,4,7-12H2. The minimum Gasteiger partial charge on any atom is -0.330 e. The number of carbonyl (C=O) groups excluding carboxylic acids is 1. The predicted octanol–water partition coefficient (Wildman–Crippen LogP) is 2.18. The minimum atomic E-state index is 0.00142. The van der Waals surface area contributed by atoms with Crippen molar-refractivity contribution in [2.45, 2.75) is 37.8 Å². The molecule has 2 fully saturated rings. The molecular formula is C18H23N5O. The summed E-state index contributed by atoms with van der Waals surface area (Å²) in [6, 6.07) is 10.8. The van der Waals surface area contributed by atoms with E-state index in [0.717, 1.165) is 45.3 Å². The Morgan fingerprint density at radius 1 is 1.12 bits per heavy atom. The normalized spacial score (nSPS) is 22.0. The third kappa shape index (κ3) is 2.94. The molecule has 1 amide bonds. The number of aromatic nitrogens is 3. The highest BCUT2D eigenvalue weighted by molar-refractivity contribution is 5.92. The second-order valence-electron chi connectivity index (χ2n) is 6.63. The lowest BCUT2D eigenvalue weighted by Gasteiger charge is -2.24. The van der Waals surface area contributed by atoms with Gasteiger partial charge in [-0.2, -0.15) is 0 Å². The summed E-state index contributed by atoms with van der Waals surface area (Å²) in [5, 5.41) is 11.7. The van der Waals surface area contributed by atoms with Crippen LogP contribution in [0.25, 0.3) is 0 Å². The van der Waals surface area contributed by atoms with Crippen molar-refractivity contribution in [1.82, 2.24) is 25.2 Å². The van der Waals surface area contributed by atoms with E-state index in [4.69, 9.17) is 0 Å². The highest BCUT2D eigenvalue weighted by atomic mass is 16.2. The molecule has 2 aliphatic heterocycles. The van der Waals surface area contributed by atoms with E-state index in [0.29, 0.717) is 11.7 Å². The van der Waals surface area contributed by atoms with Crippen LogP contribution in [0.15, 0.2) is 36.5 Å². The molecule has 0 saturated carbocycles. The Hall–Kier alpha value is -2.21. The van der Waals surface area contributed by atoms with E-state index in [-0.39, 0.29) is 11.9 Å². The Bertz CT molecular complexity index is 692. The Labute approximate surface area is 141 Å². The van der Waals surface area contributed by atoms with E-state index >= 15 is 0 Å². The number of nitrogens with zero attached hydrogens (tertiary/aromatic N) is 4. The van der Waals surface area contributed by atoms with Crippen molar-refractivity contribution in [3.05, 3.63) is 47.8 Å². The minimum absolute atomic E-state index is 0.00142. The second-order valence-corrected chi connectivity index (χ2v) is 6.63. The first-order chi connectivity index (χ1) is 11.8. The van der Waals surface area contributed by atoms with Crippen LogP contribution in [0.1, 0.15) is 53.8 Å². The summed E-state index contributed by atoms with van der Waals surface area (Å²) in [6.07, 6.45) is 5.95. The van der Waals surface area contributed by atoms with Gasteiger partial charge in [-0.3, -0.25) is 4.79 Å². The molecule has 1 atom stereocenters. The van der Waals surface area contributed by atoms with Gasteiger partial charge < -0.3 is 10.2 Å². The van der Waals surface area contributed by atoms with Gasteiger partial charge in [0.25, 0.3) is 5.91 Å². The fraction of sp³-hybridized carbons (Fsp3) is 0.500. The Kier molecular flexibility index (Phi) is 4.30. The zero-order valence-corrected chi connectivity index (χ0v) is 13.8. The van der Waals surface area contributed by atoms with E-state index in [1.165, 1.54) is 5.56 Å². The summed E-state index contributed by atoms with van der Waals surface area (Å²) in [6.45, 7) is 2.78. The van der Waals surface area contributed by atoms with Gasteiger partial charge >= 0.3 is 0 Å². The molecule has 4 rings (SSSR count). The first-order valence-electron chi connectivity index (χ1n) is 8.81. The van der Waals surface area contributed by atoms with Crippen LogP contribution in [0.5, 0.6) is 0 Å². The summed E-state index contributed by atoms with van der Waals surface area (Å²) in [5.74, 6) is 0.00142. The third-order valence-electron chi connectivity index (χ3n) is 5.11. The highest BCUT2D eigenvalue weighted by Gasteiger charge is 2.32. The third-order valence-corrected chi connectivity index (χ3v) is 5.11. The van der Waals surface area contributed by atoms with Crippen LogP contribution >= 0.6 is 0 Å². The molecule has 24 heavy (non-hydrogen) atoms. The molecule has 0 aliphatic carbocycles. The highest BCUT2D eigenvalue weighted by Crippen LogP contribution is 2.32. The van der Waals surface area contributed by atoms with Crippen LogP contribution in [0, 0.1) is 0 Å². The number of likely N-dealkylation sites (tertiary alicyclic amines) is 1. The molecular weight excluding hydrogens is 302 g/mol. The number of hydrogen-bond acceptors (Lipinski definition) is 4. The zero-order valence-electron chi connectivity index (χ0n) is 13.8. The topological polar surface area (TPSA) is 63.1 Å². The molecule has 2 aromatic rings. The predicted molar refractivity (Wildman–Crippen MR) is 90.6 cm³/mol. The van der Waals surface area contributed by atoms with Gasteiger partial charge in [-0.15, -0.1) is 5.10 Å². The lowest BCUT2D eigenvalue weighted by molar-refractivity contribution is 0.0729. The van der Waals surface area contributed by atoms with Gasteiger partial charge in [0.1, 0.15) is 0 Å². The second kappa shape index (κ2) is 6.73.